The third-order valence-corrected chi connectivity index (χ3v) is 3.48. The van der Waals surface area contributed by atoms with Crippen LogP contribution in [-0.4, -0.2) is 0 Å². The lowest BCUT2D eigenvalue weighted by molar-refractivity contribution is 0.830. The second kappa shape index (κ2) is 4.91. The highest BCUT2D eigenvalue weighted by atomic mass is 14.2. The number of hydrogen-bond acceptors (Lipinski definition) is 0. The molecule has 1 aliphatic rings. The fourth-order valence-electron chi connectivity index (χ4n) is 2.36. The third-order valence-electron chi connectivity index (χ3n) is 3.48. The highest BCUT2D eigenvalue weighted by molar-refractivity contribution is 5.73. The molecule has 0 radical (unpaired) electrons. The molecule has 0 unspecified atom stereocenters. The van der Waals surface area contributed by atoms with Crippen LogP contribution in [0.2, 0.25) is 0 Å². The zero-order chi connectivity index (χ0) is 12.4. The van der Waals surface area contributed by atoms with E-state index < -0.39 is 0 Å². The van der Waals surface area contributed by atoms with Crippen LogP contribution in [0.5, 0.6) is 0 Å². The zero-order valence-electron chi connectivity index (χ0n) is 11.3. The summed E-state index contributed by atoms with van der Waals surface area (Å²) >= 11 is 0. The van der Waals surface area contributed by atoms with Crippen LogP contribution in [0.15, 0.2) is 36.4 Å². The van der Waals surface area contributed by atoms with E-state index in [1.54, 1.807) is 0 Å². The van der Waals surface area contributed by atoms with E-state index in [2.05, 4.69) is 64.1 Å². The minimum atomic E-state index is 0.588. The standard InChI is InChI=1S/C17H22/c1-12(2)15-9-10-16(14-7-5-6-8-14)17(11-15)13(3)4/h5-7,9-13H,8H2,1-4H3. The van der Waals surface area contributed by atoms with Crippen molar-refractivity contribution in [3.8, 4) is 0 Å². The first-order valence-electron chi connectivity index (χ1n) is 6.59. The van der Waals surface area contributed by atoms with Gasteiger partial charge in [0.05, 0.1) is 0 Å². The van der Waals surface area contributed by atoms with Crippen molar-refractivity contribution in [2.45, 2.75) is 46.0 Å². The Labute approximate surface area is 105 Å². The van der Waals surface area contributed by atoms with Crippen molar-refractivity contribution >= 4 is 5.57 Å². The van der Waals surface area contributed by atoms with Gasteiger partial charge in [-0.25, -0.2) is 0 Å². The third kappa shape index (κ3) is 2.52. The molecule has 90 valence electrons. The van der Waals surface area contributed by atoms with E-state index >= 15 is 0 Å². The Morgan fingerprint density at radius 2 is 1.76 bits per heavy atom. The molecule has 0 aromatic heterocycles. The van der Waals surface area contributed by atoms with E-state index in [0.29, 0.717) is 11.8 Å². The first-order chi connectivity index (χ1) is 8.09. The number of allylic oxidation sites excluding steroid dienone is 4. The molecule has 0 saturated carbocycles. The van der Waals surface area contributed by atoms with E-state index in [1.807, 2.05) is 0 Å². The van der Waals surface area contributed by atoms with Crippen LogP contribution in [0.1, 0.15) is 62.6 Å². The van der Waals surface area contributed by atoms with Crippen LogP contribution in [0.25, 0.3) is 5.57 Å². The maximum atomic E-state index is 2.39. The molecule has 0 spiro atoms. The maximum absolute atomic E-state index is 2.39. The van der Waals surface area contributed by atoms with Gasteiger partial charge in [-0.3, -0.25) is 0 Å². The van der Waals surface area contributed by atoms with E-state index in [1.165, 1.54) is 22.3 Å². The normalized spacial score (nSPS) is 14.8. The average Bonchev–Trinajstić information content (AvgIpc) is 2.81. The summed E-state index contributed by atoms with van der Waals surface area (Å²) in [6.07, 6.45) is 7.72. The molecule has 0 heteroatoms. The smallest absolute Gasteiger partial charge is 0.00883 e. The van der Waals surface area contributed by atoms with Gasteiger partial charge in [0.15, 0.2) is 0 Å². The fourth-order valence-corrected chi connectivity index (χ4v) is 2.36. The summed E-state index contributed by atoms with van der Waals surface area (Å²) in [6, 6.07) is 6.98. The van der Waals surface area contributed by atoms with Gasteiger partial charge in [0.2, 0.25) is 0 Å². The molecule has 0 fully saturated rings. The summed E-state index contributed by atoms with van der Waals surface area (Å²) in [4.78, 5) is 0. The molecule has 0 aliphatic heterocycles. The molecule has 0 amide bonds. The first-order valence-corrected chi connectivity index (χ1v) is 6.59. The monoisotopic (exact) mass is 226 g/mol. The van der Waals surface area contributed by atoms with Gasteiger partial charge in [-0.05, 0) is 40.5 Å². The van der Waals surface area contributed by atoms with Gasteiger partial charge in [0, 0.05) is 0 Å². The molecule has 0 nitrogen and oxygen atoms in total. The van der Waals surface area contributed by atoms with Crippen molar-refractivity contribution in [3.63, 3.8) is 0 Å². The summed E-state index contributed by atoms with van der Waals surface area (Å²) in [5.74, 6) is 1.20. The lowest BCUT2D eigenvalue weighted by Crippen LogP contribution is -1.98. The molecule has 0 atom stereocenters. The second-order valence-corrected chi connectivity index (χ2v) is 5.48. The molecule has 1 aromatic rings. The molecule has 0 heterocycles. The molecule has 17 heavy (non-hydrogen) atoms. The SMILES string of the molecule is CC(C)c1ccc(C2=CC=CC2)c(C(C)C)c1. The Bertz CT molecular complexity index is 459. The average molecular weight is 226 g/mol. The van der Waals surface area contributed by atoms with Crippen molar-refractivity contribution < 1.29 is 0 Å². The molecule has 2 rings (SSSR count). The van der Waals surface area contributed by atoms with Crippen molar-refractivity contribution in [2.75, 3.05) is 0 Å². The number of rotatable bonds is 3. The Morgan fingerprint density at radius 1 is 1.00 bits per heavy atom. The summed E-state index contributed by atoms with van der Waals surface area (Å²) in [7, 11) is 0. The van der Waals surface area contributed by atoms with Crippen LogP contribution in [0.3, 0.4) is 0 Å². The molecule has 0 N–H and O–H groups in total. The predicted octanol–water partition coefficient (Wildman–Crippen LogP) is 5.28. The summed E-state index contributed by atoms with van der Waals surface area (Å²) in [5.41, 5.74) is 5.84. The fraction of sp³-hybridized carbons (Fsp3) is 0.412. The van der Waals surface area contributed by atoms with E-state index in [0.717, 1.165) is 6.42 Å². The minimum Gasteiger partial charge on any atom is -0.0801 e. The predicted molar refractivity (Wildman–Crippen MR) is 76.4 cm³/mol. The quantitative estimate of drug-likeness (QED) is 0.658. The molecule has 1 aliphatic carbocycles. The van der Waals surface area contributed by atoms with Crippen LogP contribution >= 0.6 is 0 Å². The lowest BCUT2D eigenvalue weighted by Gasteiger charge is -2.17. The molecule has 1 aromatic carbocycles. The van der Waals surface area contributed by atoms with Crippen molar-refractivity contribution in [1.82, 2.24) is 0 Å². The van der Waals surface area contributed by atoms with Crippen molar-refractivity contribution in [3.05, 3.63) is 53.1 Å². The van der Waals surface area contributed by atoms with Gasteiger partial charge in [0.1, 0.15) is 0 Å². The largest absolute Gasteiger partial charge is 0.0801 e. The van der Waals surface area contributed by atoms with E-state index in [9.17, 15) is 0 Å². The number of benzene rings is 1. The van der Waals surface area contributed by atoms with Crippen molar-refractivity contribution in [2.24, 2.45) is 0 Å². The molecule has 0 saturated heterocycles. The van der Waals surface area contributed by atoms with Gasteiger partial charge >= 0.3 is 0 Å². The second-order valence-electron chi connectivity index (χ2n) is 5.48. The molecular weight excluding hydrogens is 204 g/mol. The highest BCUT2D eigenvalue weighted by Crippen LogP contribution is 2.32. The van der Waals surface area contributed by atoms with Gasteiger partial charge in [-0.1, -0.05) is 64.1 Å². The Hall–Kier alpha value is -1.30. The Morgan fingerprint density at radius 3 is 2.29 bits per heavy atom. The molecular formula is C17H22. The summed E-state index contributed by atoms with van der Waals surface area (Å²) in [6.45, 7) is 9.09. The van der Waals surface area contributed by atoms with E-state index in [-0.39, 0.29) is 0 Å². The van der Waals surface area contributed by atoms with Crippen LogP contribution < -0.4 is 0 Å². The first kappa shape index (κ1) is 12.2. The van der Waals surface area contributed by atoms with Crippen molar-refractivity contribution in [1.29, 1.82) is 0 Å². The number of hydrogen-bond donors (Lipinski definition) is 0. The van der Waals surface area contributed by atoms with Gasteiger partial charge < -0.3 is 0 Å². The van der Waals surface area contributed by atoms with Gasteiger partial charge in [-0.15, -0.1) is 0 Å². The Balaban J connectivity index is 2.45. The van der Waals surface area contributed by atoms with Gasteiger partial charge in [0.25, 0.3) is 0 Å². The topological polar surface area (TPSA) is 0 Å². The van der Waals surface area contributed by atoms with Crippen LogP contribution in [0, 0.1) is 0 Å². The highest BCUT2D eigenvalue weighted by Gasteiger charge is 2.13. The van der Waals surface area contributed by atoms with E-state index in [4.69, 9.17) is 0 Å². The zero-order valence-corrected chi connectivity index (χ0v) is 11.3. The maximum Gasteiger partial charge on any atom is -0.00883 e. The lowest BCUT2D eigenvalue weighted by atomic mass is 9.88. The Kier molecular flexibility index (Phi) is 3.51. The van der Waals surface area contributed by atoms with Crippen LogP contribution in [-0.2, 0) is 0 Å². The van der Waals surface area contributed by atoms with Crippen LogP contribution in [0.4, 0.5) is 0 Å². The summed E-state index contributed by atoms with van der Waals surface area (Å²) < 4.78 is 0. The molecule has 0 bridgehead atoms. The minimum absolute atomic E-state index is 0.588. The summed E-state index contributed by atoms with van der Waals surface area (Å²) in [5, 5.41) is 0. The van der Waals surface area contributed by atoms with Gasteiger partial charge in [-0.2, -0.15) is 0 Å².